The number of aliphatic hydroxyl groups excluding tert-OH is 3. The van der Waals surface area contributed by atoms with E-state index in [4.69, 9.17) is 47.5 Å². The zero-order valence-electron chi connectivity index (χ0n) is 38.4. The minimum atomic E-state index is -1.98. The summed E-state index contributed by atoms with van der Waals surface area (Å²) in [7, 11) is 6.76. The highest BCUT2D eigenvalue weighted by Crippen LogP contribution is 2.41. The lowest BCUT2D eigenvalue weighted by Crippen LogP contribution is -2.61. The number of hydrogen-bond acceptors (Lipinski definition) is 18. The van der Waals surface area contributed by atoms with Gasteiger partial charge in [-0.2, -0.15) is 0 Å². The van der Waals surface area contributed by atoms with Crippen LogP contribution in [0.3, 0.4) is 0 Å². The third-order valence-electron chi connectivity index (χ3n) is 12.8. The molecule has 3 aliphatic rings. The van der Waals surface area contributed by atoms with Gasteiger partial charge in [0.2, 0.25) is 6.79 Å². The van der Waals surface area contributed by atoms with Gasteiger partial charge in [-0.25, -0.2) is 0 Å². The average Bonchev–Trinajstić information content (AvgIpc) is 3.18. The Morgan fingerprint density at radius 3 is 2.13 bits per heavy atom. The monoisotopic (exact) mass is 867 g/mol. The molecule has 0 bridgehead atoms. The Kier molecular flexibility index (Phi) is 20.1. The van der Waals surface area contributed by atoms with Crippen LogP contribution in [0.1, 0.15) is 94.9 Å². The van der Waals surface area contributed by atoms with Crippen molar-refractivity contribution < 1.29 is 77.8 Å². The van der Waals surface area contributed by atoms with Crippen molar-refractivity contribution >= 4 is 11.7 Å². The Bertz CT molecular complexity index is 1340. The first-order valence-corrected chi connectivity index (χ1v) is 21.3. The Morgan fingerprint density at radius 1 is 0.867 bits per heavy atom. The Balaban J connectivity index is 2.18. The lowest BCUT2D eigenvalue weighted by Gasteiger charge is -2.49. The van der Waals surface area contributed by atoms with E-state index in [2.05, 4.69) is 5.16 Å². The van der Waals surface area contributed by atoms with E-state index in [0.29, 0.717) is 19.6 Å². The highest BCUT2D eigenvalue weighted by Gasteiger charge is 2.53. The van der Waals surface area contributed by atoms with Crippen LogP contribution >= 0.6 is 0 Å². The molecule has 3 aliphatic heterocycles. The average molecular weight is 867 g/mol. The molecular weight excluding hydrogens is 788 g/mol. The minimum Gasteiger partial charge on any atom is -0.459 e. The second-order valence-corrected chi connectivity index (χ2v) is 18.1. The summed E-state index contributed by atoms with van der Waals surface area (Å²) < 4.78 is 53.4. The van der Waals surface area contributed by atoms with E-state index in [9.17, 15) is 30.3 Å². The Hall–Kier alpha value is -1.62. The van der Waals surface area contributed by atoms with Crippen molar-refractivity contribution in [1.82, 2.24) is 4.90 Å². The molecule has 18 heteroatoms. The molecule has 60 heavy (non-hydrogen) atoms. The summed E-state index contributed by atoms with van der Waals surface area (Å²) in [6.07, 6.45) is -9.64. The fourth-order valence-corrected chi connectivity index (χ4v) is 9.03. The lowest BCUT2D eigenvalue weighted by molar-refractivity contribution is -0.317. The zero-order chi connectivity index (χ0) is 45.3. The molecule has 0 spiro atoms. The summed E-state index contributed by atoms with van der Waals surface area (Å²) in [6, 6.07) is -0.336. The van der Waals surface area contributed by atoms with Gasteiger partial charge in [-0.15, -0.1) is 0 Å². The maximum absolute atomic E-state index is 14.4. The number of carbonyl (C=O) groups is 1. The first-order valence-electron chi connectivity index (χ1n) is 21.3. The third-order valence-corrected chi connectivity index (χ3v) is 12.8. The molecule has 0 amide bonds. The van der Waals surface area contributed by atoms with Crippen LogP contribution in [0.25, 0.3) is 0 Å². The molecule has 3 rings (SSSR count). The lowest BCUT2D eigenvalue weighted by atomic mass is 9.73. The molecule has 3 heterocycles. The SMILES string of the molecule is CC[C@H]1OC(=O)[C@H](C)[C@@H](OC2CC(C)(OC)C(O)C(C)O2)[C@H](C)[C@@H](OC2OC(C)CC(N(C)C)C2O)[C@](C)(O)C[C@@H](C)/C(=N\OCOCOCCOC)[C@H](C)[C@@H](O)[C@]1(C)O. The summed E-state index contributed by atoms with van der Waals surface area (Å²) in [6.45, 7) is 17.2. The number of oxime groups is 1. The van der Waals surface area contributed by atoms with E-state index in [1.807, 2.05) is 25.9 Å². The van der Waals surface area contributed by atoms with Gasteiger partial charge >= 0.3 is 5.97 Å². The molecule has 5 N–H and O–H groups in total. The standard InChI is InChI=1S/C42H78N2O16/c1-15-30-42(10,50)35(46)25(4)32(43-55-22-54-21-53-17-16-51-13)23(2)19-40(8,49)37(60-39-33(45)29(44(11)12)18-24(3)56-39)26(5)34(27(6)38(48)58-30)59-31-20-41(9,52-14)36(47)28(7)57-31/h23-31,33-37,39,45-47,49-50H,15-22H2,1-14H3/b43-32+/t23-,24?,25+,26+,27-,28?,29?,30-,31?,33?,34+,35-,36?,37-,39?,40-,41?,42-/m1/s1. The topological polar surface area (TPSA) is 226 Å². The van der Waals surface area contributed by atoms with Gasteiger partial charge in [0, 0.05) is 44.4 Å². The summed E-state index contributed by atoms with van der Waals surface area (Å²) in [5.74, 6) is -4.22. The number of ether oxygens (including phenoxy) is 9. The highest BCUT2D eigenvalue weighted by atomic mass is 16.8. The number of carbonyl (C=O) groups excluding carboxylic acids is 1. The Labute approximate surface area is 357 Å². The van der Waals surface area contributed by atoms with E-state index in [0.717, 1.165) is 0 Å². The number of hydrogen-bond donors (Lipinski definition) is 5. The van der Waals surface area contributed by atoms with Crippen molar-refractivity contribution in [2.45, 2.75) is 179 Å². The van der Waals surface area contributed by atoms with Crippen LogP contribution in [0.4, 0.5) is 0 Å². The molecule has 0 aliphatic carbocycles. The number of methoxy groups -OCH3 is 2. The van der Waals surface area contributed by atoms with Crippen LogP contribution in [0.2, 0.25) is 0 Å². The number of nitrogens with zero attached hydrogens (tertiary/aromatic N) is 2. The van der Waals surface area contributed by atoms with Gasteiger partial charge in [0.25, 0.3) is 0 Å². The van der Waals surface area contributed by atoms with Crippen LogP contribution in [0, 0.1) is 23.7 Å². The van der Waals surface area contributed by atoms with Gasteiger partial charge in [-0.05, 0) is 74.9 Å². The van der Waals surface area contributed by atoms with Gasteiger partial charge in [0.1, 0.15) is 23.9 Å². The summed E-state index contributed by atoms with van der Waals surface area (Å²) in [5.41, 5.74) is -4.56. The largest absolute Gasteiger partial charge is 0.459 e. The molecule has 0 aromatic carbocycles. The van der Waals surface area contributed by atoms with Gasteiger partial charge in [-0.1, -0.05) is 32.9 Å². The number of esters is 1. The van der Waals surface area contributed by atoms with Gasteiger partial charge in [-0.3, -0.25) is 4.79 Å². The van der Waals surface area contributed by atoms with E-state index < -0.39 is 102 Å². The molecule has 18 atom stereocenters. The fourth-order valence-electron chi connectivity index (χ4n) is 9.03. The van der Waals surface area contributed by atoms with Crippen molar-refractivity contribution in [1.29, 1.82) is 0 Å². The van der Waals surface area contributed by atoms with Gasteiger partial charge in [0.05, 0.1) is 66.6 Å². The predicted octanol–water partition coefficient (Wildman–Crippen LogP) is 2.18. The highest BCUT2D eigenvalue weighted by molar-refractivity contribution is 5.88. The quantitative estimate of drug-likeness (QED) is 0.0688. The fraction of sp³-hybridized carbons (Fsp3) is 0.952. The van der Waals surface area contributed by atoms with Gasteiger partial charge in [0.15, 0.2) is 19.4 Å². The van der Waals surface area contributed by atoms with E-state index >= 15 is 0 Å². The molecule has 3 fully saturated rings. The molecule has 18 nitrogen and oxygen atoms in total. The van der Waals surface area contributed by atoms with Crippen LogP contribution in [-0.4, -0.2) is 181 Å². The summed E-state index contributed by atoms with van der Waals surface area (Å²) in [4.78, 5) is 21.8. The van der Waals surface area contributed by atoms with Crippen molar-refractivity contribution in [2.24, 2.45) is 28.8 Å². The van der Waals surface area contributed by atoms with Crippen LogP contribution in [0.15, 0.2) is 5.16 Å². The van der Waals surface area contributed by atoms with E-state index in [1.165, 1.54) is 14.0 Å². The molecule has 0 radical (unpaired) electrons. The second kappa shape index (κ2) is 22.8. The summed E-state index contributed by atoms with van der Waals surface area (Å²) in [5, 5.41) is 63.7. The van der Waals surface area contributed by atoms with Gasteiger partial charge < -0.3 is 77.9 Å². The summed E-state index contributed by atoms with van der Waals surface area (Å²) >= 11 is 0. The molecule has 8 unspecified atom stereocenters. The second-order valence-electron chi connectivity index (χ2n) is 18.1. The molecule has 0 aromatic rings. The smallest absolute Gasteiger partial charge is 0.311 e. The van der Waals surface area contributed by atoms with Crippen LogP contribution < -0.4 is 0 Å². The molecule has 0 aromatic heterocycles. The first-order chi connectivity index (χ1) is 28.0. The van der Waals surface area contributed by atoms with Crippen LogP contribution in [-0.2, 0) is 52.3 Å². The minimum absolute atomic E-state index is 0.0481. The maximum atomic E-state index is 14.4. The van der Waals surface area contributed by atoms with E-state index in [-0.39, 0.29) is 50.7 Å². The number of aliphatic hydroxyl groups is 5. The molecule has 3 saturated heterocycles. The molecular formula is C42H78N2O16. The Morgan fingerprint density at radius 2 is 1.53 bits per heavy atom. The van der Waals surface area contributed by atoms with E-state index in [1.54, 1.807) is 62.5 Å². The number of likely N-dealkylation sites (N-methyl/N-ethyl adjacent to an activating group) is 1. The molecule has 352 valence electrons. The maximum Gasteiger partial charge on any atom is 0.311 e. The predicted molar refractivity (Wildman–Crippen MR) is 218 cm³/mol. The van der Waals surface area contributed by atoms with Crippen molar-refractivity contribution in [2.75, 3.05) is 55.1 Å². The number of cyclic esters (lactones) is 1. The van der Waals surface area contributed by atoms with Crippen molar-refractivity contribution in [3.63, 3.8) is 0 Å². The van der Waals surface area contributed by atoms with Crippen LogP contribution in [0.5, 0.6) is 0 Å². The van der Waals surface area contributed by atoms with Crippen molar-refractivity contribution in [3.8, 4) is 0 Å². The first kappa shape index (κ1) is 52.7. The van der Waals surface area contributed by atoms with Crippen molar-refractivity contribution in [3.05, 3.63) is 0 Å². The number of rotatable bonds is 15. The third kappa shape index (κ3) is 13.0. The zero-order valence-corrected chi connectivity index (χ0v) is 38.4. The normalized spacial score (nSPS) is 44.7. The molecule has 0 saturated carbocycles.